The maximum absolute atomic E-state index is 12.3. The van der Waals surface area contributed by atoms with Gasteiger partial charge in [0.1, 0.15) is 4.90 Å². The van der Waals surface area contributed by atoms with Gasteiger partial charge in [-0.15, -0.1) is 0 Å². The smallest absolute Gasteiger partial charge is 0.245 e. The van der Waals surface area contributed by atoms with E-state index in [-0.39, 0.29) is 10.6 Å². The summed E-state index contributed by atoms with van der Waals surface area (Å²) in [7, 11) is -1.99. The standard InChI is InChI=1S/C10H14Br2N2O2S/c1-3-4-14(2)17(15,16)10-8(12)5-7(11)6-9(10)13/h5-6H,3-4,13H2,1-2H3. The molecule has 0 radical (unpaired) electrons. The fourth-order valence-corrected chi connectivity index (χ4v) is 4.71. The van der Waals surface area contributed by atoms with E-state index < -0.39 is 10.0 Å². The number of nitrogens with zero attached hydrogens (tertiary/aromatic N) is 1. The highest BCUT2D eigenvalue weighted by Gasteiger charge is 2.25. The zero-order valence-electron chi connectivity index (χ0n) is 9.57. The minimum Gasteiger partial charge on any atom is -0.398 e. The Morgan fingerprint density at radius 2 is 1.94 bits per heavy atom. The molecule has 0 amide bonds. The van der Waals surface area contributed by atoms with Crippen LogP contribution in [0.5, 0.6) is 0 Å². The van der Waals surface area contributed by atoms with Gasteiger partial charge in [0.2, 0.25) is 10.0 Å². The van der Waals surface area contributed by atoms with E-state index in [9.17, 15) is 8.42 Å². The summed E-state index contributed by atoms with van der Waals surface area (Å²) in [5.74, 6) is 0. The third-order valence-corrected chi connectivity index (χ3v) is 5.56. The molecule has 2 N–H and O–H groups in total. The molecule has 0 saturated carbocycles. The van der Waals surface area contributed by atoms with Crippen LogP contribution in [0.25, 0.3) is 0 Å². The number of rotatable bonds is 4. The van der Waals surface area contributed by atoms with Gasteiger partial charge in [-0.2, -0.15) is 0 Å². The van der Waals surface area contributed by atoms with Crippen molar-refractivity contribution in [2.45, 2.75) is 18.2 Å². The van der Waals surface area contributed by atoms with Crippen LogP contribution in [0.1, 0.15) is 13.3 Å². The SMILES string of the molecule is CCCN(C)S(=O)(=O)c1c(N)cc(Br)cc1Br. The van der Waals surface area contributed by atoms with Crippen LogP contribution in [0.15, 0.2) is 26.0 Å². The fraction of sp³-hybridized carbons (Fsp3) is 0.400. The number of hydrogen-bond donors (Lipinski definition) is 1. The topological polar surface area (TPSA) is 63.4 Å². The number of benzene rings is 1. The van der Waals surface area contributed by atoms with Crippen LogP contribution in [0.3, 0.4) is 0 Å². The van der Waals surface area contributed by atoms with Gasteiger partial charge in [0.25, 0.3) is 0 Å². The maximum Gasteiger partial charge on any atom is 0.245 e. The number of anilines is 1. The third kappa shape index (κ3) is 3.21. The van der Waals surface area contributed by atoms with Crippen molar-refractivity contribution in [2.24, 2.45) is 0 Å². The summed E-state index contributed by atoms with van der Waals surface area (Å²) in [5, 5.41) is 0. The zero-order chi connectivity index (χ0) is 13.2. The molecule has 17 heavy (non-hydrogen) atoms. The number of sulfonamides is 1. The van der Waals surface area contributed by atoms with E-state index >= 15 is 0 Å². The Labute approximate surface area is 118 Å². The second-order valence-electron chi connectivity index (χ2n) is 3.63. The minimum atomic E-state index is -3.54. The first-order valence-corrected chi connectivity index (χ1v) is 8.04. The van der Waals surface area contributed by atoms with Crippen LogP contribution >= 0.6 is 31.9 Å². The van der Waals surface area contributed by atoms with Crippen LogP contribution < -0.4 is 5.73 Å². The summed E-state index contributed by atoms with van der Waals surface area (Å²) in [6.07, 6.45) is 0.754. The van der Waals surface area contributed by atoms with E-state index in [4.69, 9.17) is 5.73 Å². The molecule has 0 spiro atoms. The van der Waals surface area contributed by atoms with Gasteiger partial charge in [-0.1, -0.05) is 22.9 Å². The first-order chi connectivity index (χ1) is 7.80. The van der Waals surface area contributed by atoms with Gasteiger partial charge in [-0.3, -0.25) is 0 Å². The van der Waals surface area contributed by atoms with E-state index in [1.165, 1.54) is 4.31 Å². The normalized spacial score (nSPS) is 12.1. The van der Waals surface area contributed by atoms with Crippen molar-refractivity contribution in [2.75, 3.05) is 19.3 Å². The van der Waals surface area contributed by atoms with E-state index in [2.05, 4.69) is 31.9 Å². The van der Waals surface area contributed by atoms with Crippen LogP contribution in [0.4, 0.5) is 5.69 Å². The van der Waals surface area contributed by atoms with E-state index in [1.54, 1.807) is 19.2 Å². The van der Waals surface area contributed by atoms with Crippen molar-refractivity contribution < 1.29 is 8.42 Å². The lowest BCUT2D eigenvalue weighted by molar-refractivity contribution is 0.468. The molecule has 0 aliphatic heterocycles. The fourth-order valence-electron chi connectivity index (χ4n) is 1.44. The lowest BCUT2D eigenvalue weighted by atomic mass is 10.3. The van der Waals surface area contributed by atoms with Gasteiger partial charge in [0.05, 0.1) is 5.69 Å². The molecule has 96 valence electrons. The van der Waals surface area contributed by atoms with Crippen LogP contribution in [0, 0.1) is 0 Å². The molecular formula is C10H14Br2N2O2S. The monoisotopic (exact) mass is 384 g/mol. The second kappa shape index (κ2) is 5.69. The van der Waals surface area contributed by atoms with E-state index in [1.807, 2.05) is 6.92 Å². The first-order valence-electron chi connectivity index (χ1n) is 5.01. The first kappa shape index (κ1) is 14.9. The van der Waals surface area contributed by atoms with Crippen LogP contribution in [-0.2, 0) is 10.0 Å². The highest BCUT2D eigenvalue weighted by molar-refractivity contribution is 9.11. The highest BCUT2D eigenvalue weighted by Crippen LogP contribution is 2.33. The number of nitrogens with two attached hydrogens (primary N) is 1. The van der Waals surface area contributed by atoms with Gasteiger partial charge >= 0.3 is 0 Å². The number of hydrogen-bond acceptors (Lipinski definition) is 3. The molecule has 0 heterocycles. The number of nitrogen functional groups attached to an aromatic ring is 1. The molecule has 0 fully saturated rings. The average Bonchev–Trinajstić information content (AvgIpc) is 2.15. The molecule has 0 aliphatic rings. The summed E-state index contributed by atoms with van der Waals surface area (Å²) >= 11 is 6.50. The summed E-state index contributed by atoms with van der Waals surface area (Å²) < 4.78 is 27.1. The molecule has 1 rings (SSSR count). The lowest BCUT2D eigenvalue weighted by Gasteiger charge is -2.18. The van der Waals surface area contributed by atoms with Gasteiger partial charge in [0, 0.05) is 22.5 Å². The summed E-state index contributed by atoms with van der Waals surface area (Å²) in [6.45, 7) is 2.39. The molecule has 0 saturated heterocycles. The molecule has 0 atom stereocenters. The molecule has 0 unspecified atom stereocenters. The number of halogens is 2. The van der Waals surface area contributed by atoms with Crippen molar-refractivity contribution in [3.05, 3.63) is 21.1 Å². The van der Waals surface area contributed by atoms with Crippen LogP contribution in [-0.4, -0.2) is 26.3 Å². The van der Waals surface area contributed by atoms with E-state index in [0.29, 0.717) is 11.0 Å². The Morgan fingerprint density at radius 1 is 1.35 bits per heavy atom. The van der Waals surface area contributed by atoms with Crippen molar-refractivity contribution in [1.29, 1.82) is 0 Å². The molecular weight excluding hydrogens is 372 g/mol. The summed E-state index contributed by atoms with van der Waals surface area (Å²) in [6, 6.07) is 3.25. The Hall–Kier alpha value is -0.110. The van der Waals surface area contributed by atoms with Crippen LogP contribution in [0.2, 0.25) is 0 Å². The summed E-state index contributed by atoms with van der Waals surface area (Å²) in [4.78, 5) is 0.122. The van der Waals surface area contributed by atoms with Gasteiger partial charge in [-0.25, -0.2) is 12.7 Å². The van der Waals surface area contributed by atoms with Gasteiger partial charge < -0.3 is 5.73 Å². The Balaban J connectivity index is 3.34. The predicted molar refractivity (Wildman–Crippen MR) is 76.4 cm³/mol. The average molecular weight is 386 g/mol. The molecule has 7 heteroatoms. The van der Waals surface area contributed by atoms with Gasteiger partial charge in [-0.05, 0) is 34.5 Å². The zero-order valence-corrected chi connectivity index (χ0v) is 13.6. The molecule has 1 aromatic carbocycles. The molecule has 0 aromatic heterocycles. The molecule has 0 aliphatic carbocycles. The third-order valence-electron chi connectivity index (χ3n) is 2.24. The van der Waals surface area contributed by atoms with Gasteiger partial charge in [0.15, 0.2) is 0 Å². The predicted octanol–water partition coefficient (Wildman–Crippen LogP) is 2.82. The lowest BCUT2D eigenvalue weighted by Crippen LogP contribution is -2.28. The largest absolute Gasteiger partial charge is 0.398 e. The Bertz CT molecular complexity index is 494. The molecule has 0 bridgehead atoms. The summed E-state index contributed by atoms with van der Waals surface area (Å²) in [5.41, 5.74) is 6.01. The maximum atomic E-state index is 12.3. The quantitative estimate of drug-likeness (QED) is 0.810. The highest BCUT2D eigenvalue weighted by atomic mass is 79.9. The molecule has 1 aromatic rings. The Morgan fingerprint density at radius 3 is 2.41 bits per heavy atom. The van der Waals surface area contributed by atoms with Crippen molar-refractivity contribution in [1.82, 2.24) is 4.31 Å². The van der Waals surface area contributed by atoms with E-state index in [0.717, 1.165) is 10.9 Å². The Kier molecular flexibility index (Phi) is 5.00. The van der Waals surface area contributed by atoms with Crippen molar-refractivity contribution in [3.8, 4) is 0 Å². The van der Waals surface area contributed by atoms with Crippen molar-refractivity contribution in [3.63, 3.8) is 0 Å². The second-order valence-corrected chi connectivity index (χ2v) is 7.38. The minimum absolute atomic E-state index is 0.122. The molecule has 4 nitrogen and oxygen atoms in total. The van der Waals surface area contributed by atoms with Crippen molar-refractivity contribution >= 4 is 47.6 Å².